The third kappa shape index (κ3) is 1.82. The summed E-state index contributed by atoms with van der Waals surface area (Å²) < 4.78 is 6.32. The van der Waals surface area contributed by atoms with Gasteiger partial charge in [-0.2, -0.15) is 5.10 Å². The molecule has 0 aliphatic rings. The average molecular weight is 261 g/mol. The molecule has 2 aromatic rings. The Bertz CT molecular complexity index is 699. The van der Waals surface area contributed by atoms with Gasteiger partial charge in [0.05, 0.1) is 13.3 Å². The van der Waals surface area contributed by atoms with E-state index < -0.39 is 11.8 Å². The van der Waals surface area contributed by atoms with Crippen molar-refractivity contribution in [3.8, 4) is 0 Å². The van der Waals surface area contributed by atoms with Gasteiger partial charge in [0.25, 0.3) is 11.3 Å². The topological polar surface area (TPSA) is 63.3 Å². The van der Waals surface area contributed by atoms with Gasteiger partial charge < -0.3 is 4.74 Å². The van der Waals surface area contributed by atoms with E-state index in [1.807, 2.05) is 32.2 Å². The van der Waals surface area contributed by atoms with E-state index in [1.165, 1.54) is 7.11 Å². The molecule has 0 fully saturated rings. The van der Waals surface area contributed by atoms with Crippen LogP contribution >= 0.6 is 0 Å². The molecule has 0 spiro atoms. The first-order valence-electron chi connectivity index (χ1n) is 6.02. The van der Waals surface area contributed by atoms with Gasteiger partial charge in [0.1, 0.15) is 5.56 Å². The van der Waals surface area contributed by atoms with E-state index >= 15 is 0 Å². The quantitative estimate of drug-likeness (QED) is 0.384. The van der Waals surface area contributed by atoms with Crippen LogP contribution in [0.3, 0.4) is 0 Å². The highest BCUT2D eigenvalue weighted by Crippen LogP contribution is 2.20. The Labute approximate surface area is 111 Å². The van der Waals surface area contributed by atoms with Crippen LogP contribution in [0.15, 0.2) is 6.20 Å². The van der Waals surface area contributed by atoms with Crippen LogP contribution < -0.4 is 4.52 Å². The van der Waals surface area contributed by atoms with Crippen LogP contribution in [0.2, 0.25) is 0 Å². The minimum absolute atomic E-state index is 0.343. The summed E-state index contributed by atoms with van der Waals surface area (Å²) in [5.74, 6) is -1.48. The fourth-order valence-electron chi connectivity index (χ4n) is 2.29. The van der Waals surface area contributed by atoms with Crippen molar-refractivity contribution in [1.29, 1.82) is 0 Å². The third-order valence-electron chi connectivity index (χ3n) is 3.79. The first kappa shape index (κ1) is 13.3. The maximum Gasteiger partial charge on any atom is 0.379 e. The predicted octanol–water partition coefficient (Wildman–Crippen LogP) is 1.34. The molecule has 0 radical (unpaired) electrons. The highest BCUT2D eigenvalue weighted by atomic mass is 16.5. The highest BCUT2D eigenvalue weighted by Gasteiger charge is 2.29. The van der Waals surface area contributed by atoms with E-state index in [4.69, 9.17) is 0 Å². The lowest BCUT2D eigenvalue weighted by atomic mass is 10.0. The van der Waals surface area contributed by atoms with Gasteiger partial charge in [-0.05, 0) is 26.3 Å². The van der Waals surface area contributed by atoms with Crippen molar-refractivity contribution in [2.45, 2.75) is 27.7 Å². The summed E-state index contributed by atoms with van der Waals surface area (Å²) in [6.45, 7) is 7.96. The minimum Gasteiger partial charge on any atom is -0.463 e. The van der Waals surface area contributed by atoms with E-state index in [2.05, 4.69) is 9.84 Å². The molecular formula is C14H17N2O3+. The molecule has 1 N–H and O–H groups in total. The maximum absolute atomic E-state index is 12.0. The number of esters is 1. The van der Waals surface area contributed by atoms with Crippen molar-refractivity contribution in [3.63, 3.8) is 0 Å². The number of hydrogen-bond acceptors (Lipinski definition) is 3. The molecule has 5 heteroatoms. The first-order valence-corrected chi connectivity index (χ1v) is 6.02. The number of methoxy groups -OCH3 is 1. The van der Waals surface area contributed by atoms with Gasteiger partial charge in [0, 0.05) is 18.1 Å². The molecule has 0 aliphatic carbocycles. The summed E-state index contributed by atoms with van der Waals surface area (Å²) in [4.78, 5) is 23.4. The lowest BCUT2D eigenvalue weighted by Gasteiger charge is -2.04. The molecule has 19 heavy (non-hydrogen) atoms. The molecule has 0 unspecified atom stereocenters. The van der Waals surface area contributed by atoms with Gasteiger partial charge in [-0.3, -0.25) is 4.79 Å². The number of carbonyl (C=O) groups excluding carboxylic acids is 2. The van der Waals surface area contributed by atoms with Crippen molar-refractivity contribution in [1.82, 2.24) is 5.10 Å². The highest BCUT2D eigenvalue weighted by molar-refractivity contribution is 6.42. The molecule has 2 aromatic heterocycles. The largest absolute Gasteiger partial charge is 0.463 e. The van der Waals surface area contributed by atoms with Gasteiger partial charge >= 0.3 is 5.97 Å². The van der Waals surface area contributed by atoms with Gasteiger partial charge in [-0.25, -0.2) is 4.79 Å². The second-order valence-electron chi connectivity index (χ2n) is 4.65. The number of rotatable bonds is 2. The molecule has 0 bridgehead atoms. The summed E-state index contributed by atoms with van der Waals surface area (Å²) in [5.41, 5.74) is 5.36. The minimum atomic E-state index is -0.850. The molecule has 0 saturated heterocycles. The van der Waals surface area contributed by atoms with Gasteiger partial charge in [0.2, 0.25) is 5.69 Å². The number of nitrogens with zero attached hydrogens (tertiary/aromatic N) is 1. The van der Waals surface area contributed by atoms with Crippen LogP contribution in [0.1, 0.15) is 32.7 Å². The molecule has 0 aromatic carbocycles. The maximum atomic E-state index is 12.0. The lowest BCUT2D eigenvalue weighted by molar-refractivity contribution is -0.584. The van der Waals surface area contributed by atoms with E-state index in [-0.39, 0.29) is 0 Å². The summed E-state index contributed by atoms with van der Waals surface area (Å²) in [7, 11) is 1.20. The number of hydrogen-bond donors (Lipinski definition) is 1. The zero-order valence-electron chi connectivity index (χ0n) is 11.7. The normalized spacial score (nSPS) is 10.8. The van der Waals surface area contributed by atoms with E-state index in [0.29, 0.717) is 5.56 Å². The average Bonchev–Trinajstić information content (AvgIpc) is 2.85. The Kier molecular flexibility index (Phi) is 3.14. The standard InChI is InChI=1S/C14H16N2O3/c1-7-8(2)10(4)16-12(9(7)3)11(6-15-16)13(17)14(18)19-5/h6H,1-5H3/p+1. The molecule has 0 aliphatic heterocycles. The third-order valence-corrected chi connectivity index (χ3v) is 3.79. The van der Waals surface area contributed by atoms with Crippen LogP contribution in [0, 0.1) is 27.7 Å². The number of nitrogens with one attached hydrogen (secondary N) is 1. The van der Waals surface area contributed by atoms with E-state index in [9.17, 15) is 9.59 Å². The summed E-state index contributed by atoms with van der Waals surface area (Å²) in [5, 5.41) is 3.01. The Morgan fingerprint density at radius 1 is 1.11 bits per heavy atom. The summed E-state index contributed by atoms with van der Waals surface area (Å²) in [6.07, 6.45) is 1.55. The van der Waals surface area contributed by atoms with Crippen LogP contribution in [-0.2, 0) is 9.53 Å². The Morgan fingerprint density at radius 2 is 1.74 bits per heavy atom. The van der Waals surface area contributed by atoms with Gasteiger partial charge in [0.15, 0.2) is 0 Å². The van der Waals surface area contributed by atoms with Crippen LogP contribution in [0.5, 0.6) is 0 Å². The van der Waals surface area contributed by atoms with Gasteiger partial charge in [-0.1, -0.05) is 4.52 Å². The Morgan fingerprint density at radius 3 is 2.32 bits per heavy atom. The van der Waals surface area contributed by atoms with Crippen LogP contribution in [0.4, 0.5) is 0 Å². The SMILES string of the molecule is COC(=O)C(=O)c1c[nH][n+]2c(C)c(C)c(C)c(C)c12. The Hall–Kier alpha value is -2.17. The number of aromatic nitrogens is 2. The number of aryl methyl sites for hydroxylation is 2. The van der Waals surface area contributed by atoms with Crippen molar-refractivity contribution in [2.75, 3.05) is 7.11 Å². The summed E-state index contributed by atoms with van der Waals surface area (Å²) in [6, 6.07) is 0. The molecule has 0 amide bonds. The van der Waals surface area contributed by atoms with Crippen molar-refractivity contribution >= 4 is 17.3 Å². The fourth-order valence-corrected chi connectivity index (χ4v) is 2.29. The van der Waals surface area contributed by atoms with E-state index in [1.54, 1.807) is 6.20 Å². The zero-order chi connectivity index (χ0) is 14.3. The zero-order valence-corrected chi connectivity index (χ0v) is 11.7. The van der Waals surface area contributed by atoms with Crippen molar-refractivity contribution in [2.24, 2.45) is 0 Å². The fraction of sp³-hybridized carbons (Fsp3) is 0.357. The van der Waals surface area contributed by atoms with Gasteiger partial charge in [-0.15, -0.1) is 0 Å². The smallest absolute Gasteiger partial charge is 0.379 e. The second kappa shape index (κ2) is 4.50. The van der Waals surface area contributed by atoms with Crippen LogP contribution in [-0.4, -0.2) is 24.0 Å². The van der Waals surface area contributed by atoms with Crippen LogP contribution in [0.25, 0.3) is 5.52 Å². The lowest BCUT2D eigenvalue weighted by Crippen LogP contribution is -2.30. The second-order valence-corrected chi connectivity index (χ2v) is 4.65. The monoisotopic (exact) mass is 261 g/mol. The molecule has 0 atom stereocenters. The molecule has 5 nitrogen and oxygen atoms in total. The number of ketones is 1. The number of carbonyl (C=O) groups is 2. The Balaban J connectivity index is 2.80. The molecule has 0 saturated carbocycles. The number of fused-ring (bicyclic) bond motifs is 1. The number of ether oxygens (including phenoxy) is 1. The number of Topliss-reactive ketones (excluding diaryl/α,β-unsaturated/α-hetero) is 1. The van der Waals surface area contributed by atoms with Crippen molar-refractivity contribution in [3.05, 3.63) is 34.1 Å². The first-order chi connectivity index (χ1) is 8.90. The number of pyridine rings is 1. The number of aromatic amines is 1. The molecule has 2 rings (SSSR count). The summed E-state index contributed by atoms with van der Waals surface area (Å²) >= 11 is 0. The molecule has 2 heterocycles. The van der Waals surface area contributed by atoms with E-state index in [0.717, 1.165) is 27.9 Å². The van der Waals surface area contributed by atoms with Crippen molar-refractivity contribution < 1.29 is 18.8 Å². The molecular weight excluding hydrogens is 244 g/mol. The number of H-pyrrole nitrogens is 1. The molecule has 100 valence electrons. The predicted molar refractivity (Wildman–Crippen MR) is 69.2 cm³/mol.